The first-order chi connectivity index (χ1) is 11.1. The fourth-order valence-corrected chi connectivity index (χ4v) is 3.80. The van der Waals surface area contributed by atoms with Crippen molar-refractivity contribution in [2.45, 2.75) is 25.2 Å². The molecule has 0 fully saturated rings. The highest BCUT2D eigenvalue weighted by atomic mass is 127. The number of methoxy groups -OCH3 is 2. The minimum absolute atomic E-state index is 0.102. The Kier molecular flexibility index (Phi) is 4.90. The summed E-state index contributed by atoms with van der Waals surface area (Å²) in [4.78, 5) is 12.6. The van der Waals surface area contributed by atoms with Crippen molar-refractivity contribution in [2.24, 2.45) is 0 Å². The van der Waals surface area contributed by atoms with Crippen LogP contribution in [0.3, 0.4) is 0 Å². The molecule has 1 aliphatic carbocycles. The number of carbonyl (C=O) groups is 1. The van der Waals surface area contributed by atoms with Crippen molar-refractivity contribution in [1.29, 1.82) is 0 Å². The van der Waals surface area contributed by atoms with Crippen LogP contribution in [-0.2, 0) is 17.6 Å². The lowest BCUT2D eigenvalue weighted by Crippen LogP contribution is -2.23. The van der Waals surface area contributed by atoms with Crippen LogP contribution < -0.4 is 9.47 Å². The number of hydrogen-bond acceptors (Lipinski definition) is 3. The van der Waals surface area contributed by atoms with Gasteiger partial charge in [-0.3, -0.25) is 4.79 Å². The van der Waals surface area contributed by atoms with Crippen molar-refractivity contribution in [1.82, 2.24) is 0 Å². The summed E-state index contributed by atoms with van der Waals surface area (Å²) in [5.74, 6) is 1.63. The second-order valence-corrected chi connectivity index (χ2v) is 6.88. The van der Waals surface area contributed by atoms with Crippen LogP contribution in [0, 0.1) is 3.57 Å². The van der Waals surface area contributed by atoms with E-state index in [1.165, 1.54) is 14.7 Å². The van der Waals surface area contributed by atoms with Crippen LogP contribution in [0.4, 0.5) is 0 Å². The molecule has 23 heavy (non-hydrogen) atoms. The second kappa shape index (κ2) is 6.91. The molecule has 2 aromatic carbocycles. The van der Waals surface area contributed by atoms with Crippen molar-refractivity contribution in [3.05, 3.63) is 56.7 Å². The van der Waals surface area contributed by atoms with E-state index in [0.717, 1.165) is 24.2 Å². The summed E-state index contributed by atoms with van der Waals surface area (Å²) in [5.41, 5.74) is 3.49. The van der Waals surface area contributed by atoms with Crippen molar-refractivity contribution in [2.75, 3.05) is 14.2 Å². The van der Waals surface area contributed by atoms with Gasteiger partial charge in [0.05, 0.1) is 14.2 Å². The van der Waals surface area contributed by atoms with Gasteiger partial charge in [-0.15, -0.1) is 0 Å². The normalized spacial score (nSPS) is 16.8. The van der Waals surface area contributed by atoms with Crippen LogP contribution in [0.5, 0.6) is 11.5 Å². The van der Waals surface area contributed by atoms with Crippen LogP contribution >= 0.6 is 22.6 Å². The number of ketones is 1. The molecule has 0 radical (unpaired) electrons. The van der Waals surface area contributed by atoms with Crippen molar-refractivity contribution < 1.29 is 14.3 Å². The van der Waals surface area contributed by atoms with Crippen LogP contribution in [0.2, 0.25) is 0 Å². The molecular weight excluding hydrogens is 403 g/mol. The standard InChI is InChI=1S/C19H19IO3/c1-22-18-10-12-7-8-17(21)15(14(12)11-19(18)23-2)9-13-5-3-4-6-16(13)20/h3-6,10-11,15H,7-9H2,1-2H3. The van der Waals surface area contributed by atoms with E-state index in [1.54, 1.807) is 14.2 Å². The molecule has 3 nitrogen and oxygen atoms in total. The average molecular weight is 422 g/mol. The first kappa shape index (κ1) is 16.3. The SMILES string of the molecule is COc1cc2c(cc1OC)C(Cc1ccccc1I)C(=O)CC2. The number of halogens is 1. The lowest BCUT2D eigenvalue weighted by Gasteiger charge is -2.26. The maximum atomic E-state index is 12.6. The Morgan fingerprint density at radius 1 is 1.09 bits per heavy atom. The van der Waals surface area contributed by atoms with E-state index in [-0.39, 0.29) is 5.92 Å². The summed E-state index contributed by atoms with van der Waals surface area (Å²) < 4.78 is 12.0. The molecule has 120 valence electrons. The van der Waals surface area contributed by atoms with Crippen molar-refractivity contribution >= 4 is 28.4 Å². The van der Waals surface area contributed by atoms with Gasteiger partial charge in [-0.2, -0.15) is 0 Å². The van der Waals surface area contributed by atoms with Gasteiger partial charge in [-0.1, -0.05) is 18.2 Å². The zero-order valence-electron chi connectivity index (χ0n) is 13.3. The van der Waals surface area contributed by atoms with E-state index in [1.807, 2.05) is 24.3 Å². The zero-order chi connectivity index (χ0) is 16.4. The van der Waals surface area contributed by atoms with Gasteiger partial charge in [0.25, 0.3) is 0 Å². The lowest BCUT2D eigenvalue weighted by molar-refractivity contribution is -0.120. The number of fused-ring (bicyclic) bond motifs is 1. The molecule has 4 heteroatoms. The molecule has 0 bridgehead atoms. The molecule has 1 aliphatic rings. The third kappa shape index (κ3) is 3.22. The summed E-state index contributed by atoms with van der Waals surface area (Å²) in [6.45, 7) is 0. The molecule has 0 saturated carbocycles. The van der Waals surface area contributed by atoms with Crippen molar-refractivity contribution in [3.63, 3.8) is 0 Å². The minimum Gasteiger partial charge on any atom is -0.493 e. The van der Waals surface area contributed by atoms with E-state index < -0.39 is 0 Å². The number of rotatable bonds is 4. The first-order valence-corrected chi connectivity index (χ1v) is 8.72. The van der Waals surface area contributed by atoms with Crippen LogP contribution in [0.1, 0.15) is 29.0 Å². The highest BCUT2D eigenvalue weighted by Gasteiger charge is 2.29. The number of ether oxygens (including phenoxy) is 2. The van der Waals surface area contributed by atoms with Gasteiger partial charge in [0.1, 0.15) is 5.78 Å². The molecule has 0 spiro atoms. The maximum absolute atomic E-state index is 12.6. The number of benzene rings is 2. The second-order valence-electron chi connectivity index (χ2n) is 5.72. The topological polar surface area (TPSA) is 35.5 Å². The highest BCUT2D eigenvalue weighted by Crippen LogP contribution is 2.39. The Labute approximate surface area is 150 Å². The van der Waals surface area contributed by atoms with Crippen LogP contribution in [0.25, 0.3) is 0 Å². The molecule has 1 unspecified atom stereocenters. The van der Waals surface area contributed by atoms with Gasteiger partial charge in [-0.25, -0.2) is 0 Å². The summed E-state index contributed by atoms with van der Waals surface area (Å²) in [6.07, 6.45) is 2.11. The molecular formula is C19H19IO3. The number of Topliss-reactive ketones (excluding diaryl/α,β-unsaturated/α-hetero) is 1. The number of aryl methyl sites for hydroxylation is 1. The zero-order valence-corrected chi connectivity index (χ0v) is 15.4. The summed E-state index contributed by atoms with van der Waals surface area (Å²) >= 11 is 2.33. The predicted octanol–water partition coefficient (Wildman–Crippen LogP) is 4.15. The van der Waals surface area contributed by atoms with Crippen LogP contribution in [0.15, 0.2) is 36.4 Å². The Morgan fingerprint density at radius 2 is 1.78 bits per heavy atom. The van der Waals surface area contributed by atoms with E-state index in [0.29, 0.717) is 18.0 Å². The highest BCUT2D eigenvalue weighted by molar-refractivity contribution is 14.1. The van der Waals surface area contributed by atoms with Gasteiger partial charge >= 0.3 is 0 Å². The van der Waals surface area contributed by atoms with E-state index in [9.17, 15) is 4.79 Å². The van der Waals surface area contributed by atoms with Crippen LogP contribution in [-0.4, -0.2) is 20.0 Å². The first-order valence-electron chi connectivity index (χ1n) is 7.65. The van der Waals surface area contributed by atoms with E-state index in [4.69, 9.17) is 9.47 Å². The largest absolute Gasteiger partial charge is 0.493 e. The Balaban J connectivity index is 2.02. The van der Waals surface area contributed by atoms with Gasteiger partial charge in [0, 0.05) is 15.9 Å². The third-order valence-corrected chi connectivity index (χ3v) is 5.48. The molecule has 2 aromatic rings. The van der Waals surface area contributed by atoms with Gasteiger partial charge in [0.2, 0.25) is 0 Å². The average Bonchev–Trinajstić information content (AvgIpc) is 2.58. The predicted molar refractivity (Wildman–Crippen MR) is 98.5 cm³/mol. The molecule has 0 aromatic heterocycles. The molecule has 0 N–H and O–H groups in total. The minimum atomic E-state index is -0.102. The van der Waals surface area contributed by atoms with Crippen molar-refractivity contribution in [3.8, 4) is 11.5 Å². The molecule has 0 heterocycles. The smallest absolute Gasteiger partial charge is 0.161 e. The maximum Gasteiger partial charge on any atom is 0.161 e. The molecule has 0 saturated heterocycles. The fraction of sp³-hybridized carbons (Fsp3) is 0.316. The van der Waals surface area contributed by atoms with E-state index in [2.05, 4.69) is 34.7 Å². The number of hydrogen-bond donors (Lipinski definition) is 0. The van der Waals surface area contributed by atoms with E-state index >= 15 is 0 Å². The molecule has 3 rings (SSSR count). The molecule has 1 atom stereocenters. The monoisotopic (exact) mass is 422 g/mol. The Hall–Kier alpha value is -1.56. The summed E-state index contributed by atoms with van der Waals surface area (Å²) in [5, 5.41) is 0. The lowest BCUT2D eigenvalue weighted by atomic mass is 9.78. The Morgan fingerprint density at radius 3 is 2.48 bits per heavy atom. The third-order valence-electron chi connectivity index (χ3n) is 4.43. The van der Waals surface area contributed by atoms with Gasteiger partial charge < -0.3 is 9.47 Å². The quantitative estimate of drug-likeness (QED) is 0.695. The Bertz CT molecular complexity index is 739. The number of carbonyl (C=O) groups excluding carboxylic acids is 1. The summed E-state index contributed by atoms with van der Waals surface area (Å²) in [6, 6.07) is 12.2. The van der Waals surface area contributed by atoms with Gasteiger partial charge in [0.15, 0.2) is 11.5 Å². The molecule has 0 amide bonds. The van der Waals surface area contributed by atoms with Gasteiger partial charge in [-0.05, 0) is 70.3 Å². The fourth-order valence-electron chi connectivity index (χ4n) is 3.19. The molecule has 0 aliphatic heterocycles. The summed E-state index contributed by atoms with van der Waals surface area (Å²) in [7, 11) is 3.27.